The standard InChI is InChI=1S/C17H25N3/c1-3-15-17(19-13-9-11-18-12-10-13)14-7-5-6-8-16(14)20(15)4-2/h5-8,13,18-19H,3-4,9-12H2,1-2H3. The minimum absolute atomic E-state index is 0.609. The van der Waals surface area contributed by atoms with Crippen LogP contribution in [-0.4, -0.2) is 23.7 Å². The van der Waals surface area contributed by atoms with Crippen molar-refractivity contribution >= 4 is 16.6 Å². The Morgan fingerprint density at radius 1 is 1.20 bits per heavy atom. The fourth-order valence-electron chi connectivity index (χ4n) is 3.42. The first kappa shape index (κ1) is 13.5. The van der Waals surface area contributed by atoms with Crippen LogP contribution in [0, 0.1) is 0 Å². The quantitative estimate of drug-likeness (QED) is 0.892. The summed E-state index contributed by atoms with van der Waals surface area (Å²) in [4.78, 5) is 0. The Labute approximate surface area is 121 Å². The molecule has 1 fully saturated rings. The van der Waals surface area contributed by atoms with Gasteiger partial charge in [-0.1, -0.05) is 25.1 Å². The van der Waals surface area contributed by atoms with Crippen molar-refractivity contribution in [1.29, 1.82) is 0 Å². The molecule has 3 nitrogen and oxygen atoms in total. The normalized spacial score (nSPS) is 16.7. The minimum atomic E-state index is 0.609. The molecule has 1 saturated heterocycles. The Kier molecular flexibility index (Phi) is 3.97. The monoisotopic (exact) mass is 271 g/mol. The van der Waals surface area contributed by atoms with Crippen molar-refractivity contribution in [2.45, 2.75) is 45.7 Å². The maximum Gasteiger partial charge on any atom is 0.0635 e. The lowest BCUT2D eigenvalue weighted by Gasteiger charge is -2.25. The number of aryl methyl sites for hydroxylation is 1. The molecule has 0 radical (unpaired) electrons. The van der Waals surface area contributed by atoms with E-state index in [-0.39, 0.29) is 0 Å². The predicted molar refractivity (Wildman–Crippen MR) is 86.5 cm³/mol. The highest BCUT2D eigenvalue weighted by Gasteiger charge is 2.19. The van der Waals surface area contributed by atoms with Crippen LogP contribution < -0.4 is 10.6 Å². The van der Waals surface area contributed by atoms with E-state index in [0.717, 1.165) is 26.1 Å². The second-order valence-corrected chi connectivity index (χ2v) is 5.61. The number of nitrogens with zero attached hydrogens (tertiary/aromatic N) is 1. The number of benzene rings is 1. The second kappa shape index (κ2) is 5.88. The van der Waals surface area contributed by atoms with Gasteiger partial charge in [0.05, 0.1) is 11.2 Å². The summed E-state index contributed by atoms with van der Waals surface area (Å²) in [6.07, 6.45) is 3.51. The molecule has 0 bridgehead atoms. The maximum absolute atomic E-state index is 3.84. The second-order valence-electron chi connectivity index (χ2n) is 5.61. The molecule has 3 heteroatoms. The van der Waals surface area contributed by atoms with E-state index in [1.54, 1.807) is 0 Å². The number of anilines is 1. The molecule has 0 saturated carbocycles. The van der Waals surface area contributed by atoms with Gasteiger partial charge in [0.25, 0.3) is 0 Å². The molecule has 108 valence electrons. The van der Waals surface area contributed by atoms with E-state index in [0.29, 0.717) is 6.04 Å². The molecule has 3 rings (SSSR count). The van der Waals surface area contributed by atoms with E-state index in [1.165, 1.54) is 35.1 Å². The number of rotatable bonds is 4. The van der Waals surface area contributed by atoms with E-state index in [9.17, 15) is 0 Å². The summed E-state index contributed by atoms with van der Waals surface area (Å²) >= 11 is 0. The van der Waals surface area contributed by atoms with E-state index < -0.39 is 0 Å². The lowest BCUT2D eigenvalue weighted by atomic mass is 10.1. The van der Waals surface area contributed by atoms with Gasteiger partial charge in [0.2, 0.25) is 0 Å². The van der Waals surface area contributed by atoms with Crippen molar-refractivity contribution in [1.82, 2.24) is 9.88 Å². The molecule has 20 heavy (non-hydrogen) atoms. The molecule has 0 amide bonds. The zero-order chi connectivity index (χ0) is 13.9. The maximum atomic E-state index is 3.84. The Hall–Kier alpha value is -1.48. The molecular formula is C17H25N3. The number of aromatic nitrogens is 1. The molecule has 1 aliphatic heterocycles. The SMILES string of the molecule is CCc1c(NC2CCNCC2)c2ccccc2n1CC. The molecule has 0 unspecified atom stereocenters. The molecule has 1 aromatic carbocycles. The van der Waals surface area contributed by atoms with E-state index in [1.807, 2.05) is 0 Å². The van der Waals surface area contributed by atoms with E-state index in [2.05, 4.69) is 53.3 Å². The first-order valence-corrected chi connectivity index (χ1v) is 7.92. The first-order valence-electron chi connectivity index (χ1n) is 7.92. The topological polar surface area (TPSA) is 29.0 Å². The number of hydrogen-bond donors (Lipinski definition) is 2. The first-order chi connectivity index (χ1) is 9.85. The largest absolute Gasteiger partial charge is 0.380 e. The summed E-state index contributed by atoms with van der Waals surface area (Å²) in [5, 5.41) is 8.65. The average molecular weight is 271 g/mol. The van der Waals surface area contributed by atoms with Crippen LogP contribution in [0.5, 0.6) is 0 Å². The summed E-state index contributed by atoms with van der Waals surface area (Å²) in [7, 11) is 0. The number of fused-ring (bicyclic) bond motifs is 1. The summed E-state index contributed by atoms with van der Waals surface area (Å²) in [5.41, 5.74) is 4.19. The van der Waals surface area contributed by atoms with Crippen molar-refractivity contribution in [3.05, 3.63) is 30.0 Å². The lowest BCUT2D eigenvalue weighted by Crippen LogP contribution is -2.35. The Morgan fingerprint density at radius 3 is 2.65 bits per heavy atom. The van der Waals surface area contributed by atoms with Crippen LogP contribution in [0.3, 0.4) is 0 Å². The third-order valence-electron chi connectivity index (χ3n) is 4.42. The van der Waals surface area contributed by atoms with Crippen LogP contribution >= 0.6 is 0 Å². The van der Waals surface area contributed by atoms with Crippen LogP contribution in [0.1, 0.15) is 32.4 Å². The molecule has 1 aliphatic rings. The van der Waals surface area contributed by atoms with Gasteiger partial charge in [-0.05, 0) is 45.3 Å². The Balaban J connectivity index is 2.03. The zero-order valence-electron chi connectivity index (χ0n) is 12.6. The van der Waals surface area contributed by atoms with Gasteiger partial charge in [0, 0.05) is 23.7 Å². The molecular weight excluding hydrogens is 246 g/mol. The molecule has 2 heterocycles. The van der Waals surface area contributed by atoms with Crippen LogP contribution in [0.4, 0.5) is 5.69 Å². The van der Waals surface area contributed by atoms with Gasteiger partial charge in [0.15, 0.2) is 0 Å². The van der Waals surface area contributed by atoms with Crippen LogP contribution in [0.25, 0.3) is 10.9 Å². The molecule has 0 aliphatic carbocycles. The lowest BCUT2D eigenvalue weighted by molar-refractivity contribution is 0.479. The summed E-state index contributed by atoms with van der Waals surface area (Å²) in [6.45, 7) is 7.79. The van der Waals surface area contributed by atoms with Crippen molar-refractivity contribution in [3.63, 3.8) is 0 Å². The number of hydrogen-bond acceptors (Lipinski definition) is 2. The molecule has 1 aromatic heterocycles. The van der Waals surface area contributed by atoms with Gasteiger partial charge in [0.1, 0.15) is 0 Å². The van der Waals surface area contributed by atoms with Crippen molar-refractivity contribution in [2.75, 3.05) is 18.4 Å². The summed E-state index contributed by atoms with van der Waals surface area (Å²) < 4.78 is 2.46. The van der Waals surface area contributed by atoms with Gasteiger partial charge >= 0.3 is 0 Å². The fraction of sp³-hybridized carbons (Fsp3) is 0.529. The van der Waals surface area contributed by atoms with Crippen LogP contribution in [0.15, 0.2) is 24.3 Å². The average Bonchev–Trinajstić information content (AvgIpc) is 2.81. The summed E-state index contributed by atoms with van der Waals surface area (Å²) in [6, 6.07) is 9.39. The smallest absolute Gasteiger partial charge is 0.0635 e. The van der Waals surface area contributed by atoms with E-state index in [4.69, 9.17) is 0 Å². The molecule has 2 aromatic rings. The van der Waals surface area contributed by atoms with Gasteiger partial charge in [-0.25, -0.2) is 0 Å². The van der Waals surface area contributed by atoms with E-state index >= 15 is 0 Å². The van der Waals surface area contributed by atoms with Gasteiger partial charge < -0.3 is 15.2 Å². The Morgan fingerprint density at radius 2 is 1.95 bits per heavy atom. The van der Waals surface area contributed by atoms with Gasteiger partial charge in [-0.15, -0.1) is 0 Å². The minimum Gasteiger partial charge on any atom is -0.380 e. The highest BCUT2D eigenvalue weighted by molar-refractivity contribution is 5.95. The summed E-state index contributed by atoms with van der Waals surface area (Å²) in [5.74, 6) is 0. The third-order valence-corrected chi connectivity index (χ3v) is 4.42. The molecule has 0 atom stereocenters. The number of nitrogens with one attached hydrogen (secondary N) is 2. The Bertz CT molecular complexity index is 579. The molecule has 2 N–H and O–H groups in total. The van der Waals surface area contributed by atoms with Gasteiger partial charge in [-0.3, -0.25) is 0 Å². The fourth-order valence-corrected chi connectivity index (χ4v) is 3.42. The van der Waals surface area contributed by atoms with Crippen LogP contribution in [0.2, 0.25) is 0 Å². The third kappa shape index (κ3) is 2.31. The highest BCUT2D eigenvalue weighted by atomic mass is 15.0. The van der Waals surface area contributed by atoms with Crippen molar-refractivity contribution in [2.24, 2.45) is 0 Å². The zero-order valence-corrected chi connectivity index (χ0v) is 12.6. The van der Waals surface area contributed by atoms with Crippen molar-refractivity contribution in [3.8, 4) is 0 Å². The van der Waals surface area contributed by atoms with Crippen LogP contribution in [-0.2, 0) is 13.0 Å². The number of para-hydroxylation sites is 1. The van der Waals surface area contributed by atoms with Gasteiger partial charge in [-0.2, -0.15) is 0 Å². The molecule has 0 spiro atoms. The number of piperidine rings is 1. The highest BCUT2D eigenvalue weighted by Crippen LogP contribution is 2.32. The predicted octanol–water partition coefficient (Wildman–Crippen LogP) is 3.39. The van der Waals surface area contributed by atoms with Crippen molar-refractivity contribution < 1.29 is 0 Å².